The van der Waals surface area contributed by atoms with Crippen LogP contribution in [0, 0.1) is 12.7 Å². The van der Waals surface area contributed by atoms with E-state index in [2.05, 4.69) is 20.7 Å². The average Bonchev–Trinajstić information content (AvgIpc) is 2.42. The fraction of sp³-hybridized carbons (Fsp3) is 0.143. The predicted octanol–water partition coefficient (Wildman–Crippen LogP) is 3.19. The summed E-state index contributed by atoms with van der Waals surface area (Å²) >= 11 is 3.26. The maximum atomic E-state index is 13.9. The minimum absolute atomic E-state index is 0.310. The van der Waals surface area contributed by atoms with Gasteiger partial charge in [-0.25, -0.2) is 12.8 Å². The lowest BCUT2D eigenvalue weighted by Crippen LogP contribution is -2.15. The van der Waals surface area contributed by atoms with Gasteiger partial charge in [-0.1, -0.05) is 28.1 Å². The summed E-state index contributed by atoms with van der Waals surface area (Å²) in [6, 6.07) is 8.63. The van der Waals surface area contributed by atoms with E-state index >= 15 is 0 Å². The zero-order chi connectivity index (χ0) is 15.6. The third-order valence-corrected chi connectivity index (χ3v) is 4.80. The normalized spacial score (nSPS) is 11.4. The smallest absolute Gasteiger partial charge is 0.264 e. The molecule has 0 heterocycles. The Morgan fingerprint density at radius 2 is 1.95 bits per heavy atom. The second kappa shape index (κ2) is 6.13. The van der Waals surface area contributed by atoms with Gasteiger partial charge < -0.3 is 5.11 Å². The predicted molar refractivity (Wildman–Crippen MR) is 82.0 cm³/mol. The SMILES string of the molecule is Cc1ccc(Br)cc1NS(=O)(=O)c1ccc(CO)cc1F. The molecule has 0 aliphatic heterocycles. The molecule has 0 saturated heterocycles. The number of halogens is 2. The molecule has 0 spiro atoms. The summed E-state index contributed by atoms with van der Waals surface area (Å²) in [4.78, 5) is -0.459. The Morgan fingerprint density at radius 1 is 1.24 bits per heavy atom. The Bertz CT molecular complexity index is 778. The number of hydrogen-bond donors (Lipinski definition) is 2. The Morgan fingerprint density at radius 3 is 2.57 bits per heavy atom. The van der Waals surface area contributed by atoms with Crippen molar-refractivity contribution in [3.05, 3.63) is 57.8 Å². The molecule has 0 radical (unpaired) electrons. The molecule has 0 aromatic heterocycles. The van der Waals surface area contributed by atoms with Crippen molar-refractivity contribution in [3.8, 4) is 0 Å². The molecule has 7 heteroatoms. The quantitative estimate of drug-likeness (QED) is 0.864. The van der Waals surface area contributed by atoms with E-state index in [9.17, 15) is 12.8 Å². The van der Waals surface area contributed by atoms with Crippen molar-refractivity contribution in [1.29, 1.82) is 0 Å². The summed E-state index contributed by atoms with van der Waals surface area (Å²) in [7, 11) is -4.04. The summed E-state index contributed by atoms with van der Waals surface area (Å²) in [5, 5.41) is 8.92. The third-order valence-electron chi connectivity index (χ3n) is 2.91. The third kappa shape index (κ3) is 3.61. The van der Waals surface area contributed by atoms with E-state index in [1.54, 1.807) is 25.1 Å². The van der Waals surface area contributed by atoms with Gasteiger partial charge in [-0.15, -0.1) is 0 Å². The van der Waals surface area contributed by atoms with Crippen molar-refractivity contribution >= 4 is 31.6 Å². The number of sulfonamides is 1. The molecule has 4 nitrogen and oxygen atoms in total. The molecule has 0 amide bonds. The maximum absolute atomic E-state index is 13.9. The lowest BCUT2D eigenvalue weighted by Gasteiger charge is -2.12. The van der Waals surface area contributed by atoms with E-state index in [1.807, 2.05) is 0 Å². The highest BCUT2D eigenvalue weighted by Gasteiger charge is 2.20. The molecular weight excluding hydrogens is 361 g/mol. The number of anilines is 1. The molecule has 0 saturated carbocycles. The first kappa shape index (κ1) is 15.9. The van der Waals surface area contributed by atoms with Crippen molar-refractivity contribution in [2.75, 3.05) is 4.72 Å². The van der Waals surface area contributed by atoms with Crippen LogP contribution in [0.5, 0.6) is 0 Å². The highest BCUT2D eigenvalue weighted by molar-refractivity contribution is 9.10. The summed E-state index contributed by atoms with van der Waals surface area (Å²) in [5.74, 6) is -0.901. The van der Waals surface area contributed by atoms with Crippen LogP contribution >= 0.6 is 15.9 Å². The van der Waals surface area contributed by atoms with Crippen molar-refractivity contribution < 1.29 is 17.9 Å². The van der Waals surface area contributed by atoms with Crippen LogP contribution in [-0.4, -0.2) is 13.5 Å². The minimum atomic E-state index is -4.04. The Kier molecular flexibility index (Phi) is 4.65. The fourth-order valence-electron chi connectivity index (χ4n) is 1.76. The summed E-state index contributed by atoms with van der Waals surface area (Å²) in [5.41, 5.74) is 1.40. The van der Waals surface area contributed by atoms with Gasteiger partial charge in [-0.2, -0.15) is 0 Å². The molecule has 2 N–H and O–H groups in total. The van der Waals surface area contributed by atoms with E-state index < -0.39 is 20.7 Å². The first-order chi connectivity index (χ1) is 9.83. The number of hydrogen-bond acceptors (Lipinski definition) is 3. The highest BCUT2D eigenvalue weighted by Crippen LogP contribution is 2.25. The van der Waals surface area contributed by atoms with Gasteiger partial charge in [-0.3, -0.25) is 4.72 Å². The van der Waals surface area contributed by atoms with Gasteiger partial charge in [-0.05, 0) is 42.3 Å². The lowest BCUT2D eigenvalue weighted by molar-refractivity contribution is 0.281. The van der Waals surface area contributed by atoms with Crippen LogP contribution in [0.25, 0.3) is 0 Å². The molecule has 2 aromatic carbocycles. The summed E-state index contributed by atoms with van der Waals surface area (Å²) < 4.78 is 41.5. The van der Waals surface area contributed by atoms with Gasteiger partial charge in [0.05, 0.1) is 12.3 Å². The molecule has 0 unspecified atom stereocenters. The van der Waals surface area contributed by atoms with Gasteiger partial charge in [0.15, 0.2) is 0 Å². The van der Waals surface area contributed by atoms with Crippen molar-refractivity contribution in [3.63, 3.8) is 0 Å². The molecule has 0 aliphatic carbocycles. The topological polar surface area (TPSA) is 66.4 Å². The van der Waals surface area contributed by atoms with Gasteiger partial charge in [0, 0.05) is 4.47 Å². The van der Waals surface area contributed by atoms with Crippen LogP contribution in [0.4, 0.5) is 10.1 Å². The zero-order valence-corrected chi connectivity index (χ0v) is 13.5. The Hall–Kier alpha value is -1.44. The number of aryl methyl sites for hydroxylation is 1. The van der Waals surface area contributed by atoms with E-state index in [-0.39, 0.29) is 6.61 Å². The standard InChI is InChI=1S/C14H13BrFNO3S/c1-9-2-4-11(15)7-13(9)17-21(19,20)14-5-3-10(8-18)6-12(14)16/h2-7,17-18H,8H2,1H3. The molecule has 2 rings (SSSR count). The number of nitrogens with one attached hydrogen (secondary N) is 1. The van der Waals surface area contributed by atoms with Gasteiger partial charge in [0.1, 0.15) is 10.7 Å². The first-order valence-electron chi connectivity index (χ1n) is 6.02. The summed E-state index contributed by atoms with van der Waals surface area (Å²) in [6.07, 6.45) is 0. The number of aliphatic hydroxyl groups excluding tert-OH is 1. The van der Waals surface area contributed by atoms with Crippen LogP contribution in [-0.2, 0) is 16.6 Å². The monoisotopic (exact) mass is 373 g/mol. The number of benzene rings is 2. The fourth-order valence-corrected chi connectivity index (χ4v) is 3.31. The molecule has 0 atom stereocenters. The highest BCUT2D eigenvalue weighted by atomic mass is 79.9. The largest absolute Gasteiger partial charge is 0.392 e. The van der Waals surface area contributed by atoms with Crippen molar-refractivity contribution in [2.24, 2.45) is 0 Å². The van der Waals surface area contributed by atoms with E-state index in [4.69, 9.17) is 5.11 Å². The van der Waals surface area contributed by atoms with Crippen molar-refractivity contribution in [2.45, 2.75) is 18.4 Å². The molecule has 2 aromatic rings. The van der Waals surface area contributed by atoms with Gasteiger partial charge >= 0.3 is 0 Å². The Labute approximate surface area is 130 Å². The zero-order valence-electron chi connectivity index (χ0n) is 11.1. The van der Waals surface area contributed by atoms with E-state index in [0.29, 0.717) is 21.3 Å². The Balaban J connectivity index is 2.41. The lowest BCUT2D eigenvalue weighted by atomic mass is 10.2. The number of aliphatic hydroxyl groups is 1. The summed E-state index contributed by atoms with van der Waals surface area (Å²) in [6.45, 7) is 1.39. The molecular formula is C14H13BrFNO3S. The average molecular weight is 374 g/mol. The molecule has 21 heavy (non-hydrogen) atoms. The van der Waals surface area contributed by atoms with Crippen LogP contribution in [0.2, 0.25) is 0 Å². The first-order valence-corrected chi connectivity index (χ1v) is 8.29. The van der Waals surface area contributed by atoms with E-state index in [1.165, 1.54) is 6.07 Å². The minimum Gasteiger partial charge on any atom is -0.392 e. The molecule has 0 fully saturated rings. The molecule has 112 valence electrons. The molecule has 0 bridgehead atoms. The number of rotatable bonds is 4. The second-order valence-electron chi connectivity index (χ2n) is 4.49. The van der Waals surface area contributed by atoms with Crippen LogP contribution in [0.3, 0.4) is 0 Å². The van der Waals surface area contributed by atoms with Gasteiger partial charge in [0.2, 0.25) is 0 Å². The maximum Gasteiger partial charge on any atom is 0.264 e. The second-order valence-corrected chi connectivity index (χ2v) is 7.05. The van der Waals surface area contributed by atoms with Crippen LogP contribution in [0.15, 0.2) is 45.8 Å². The van der Waals surface area contributed by atoms with Gasteiger partial charge in [0.25, 0.3) is 10.0 Å². The molecule has 0 aliphatic rings. The van der Waals surface area contributed by atoms with Crippen LogP contribution < -0.4 is 4.72 Å². The van der Waals surface area contributed by atoms with Crippen LogP contribution in [0.1, 0.15) is 11.1 Å². The van der Waals surface area contributed by atoms with Crippen molar-refractivity contribution in [1.82, 2.24) is 0 Å². The van der Waals surface area contributed by atoms with E-state index in [0.717, 1.165) is 12.1 Å².